The van der Waals surface area contributed by atoms with Gasteiger partial charge in [-0.2, -0.15) is 0 Å². The first kappa shape index (κ1) is 75.1. The fraction of sp³-hybridized carbons (Fsp3) is 0.865. The number of amides is 7. The number of hydrogen-bond donors (Lipinski definition) is 15. The SMILES string of the molecule is CC(=O)NC1[C@H](OCCCCC(=O)NCCCN(CCCN(CCNC(=O)CCCCO[C@@H]2OC(CO)[C@H](O)[C@H](O)C2NC(C)=O)C(=O)CCCCO[C@@H]2OC(CO)[C@H](O)[C@H](O)C2NC(C)=O)C(=O)C(O)COP(C)(C)=O)OC(CO)[C@H](O)[C@@H]1O. The predicted octanol–water partition coefficient (Wildman–Crippen LogP) is -6.04. The van der Waals surface area contributed by atoms with E-state index in [1.165, 1.54) is 43.9 Å². The molecule has 0 spiro atoms. The Kier molecular flexibility index (Phi) is 34.4. The molecule has 33 heteroatoms. The zero-order valence-corrected chi connectivity index (χ0v) is 50.0. The third-order valence-electron chi connectivity index (χ3n) is 14.0. The van der Waals surface area contributed by atoms with Crippen LogP contribution in [-0.2, 0) is 71.1 Å². The molecule has 3 saturated heterocycles. The van der Waals surface area contributed by atoms with E-state index in [0.717, 1.165) is 0 Å². The van der Waals surface area contributed by atoms with Gasteiger partial charge in [0.2, 0.25) is 35.4 Å². The second kappa shape index (κ2) is 39.0. The smallest absolute Gasteiger partial charge is 0.253 e. The largest absolute Gasteiger partial charge is 0.394 e. The predicted molar refractivity (Wildman–Crippen MR) is 295 cm³/mol. The summed E-state index contributed by atoms with van der Waals surface area (Å²) < 4.78 is 51.5. The summed E-state index contributed by atoms with van der Waals surface area (Å²) in [7, 11) is -3.11. The average molecular weight is 1250 g/mol. The van der Waals surface area contributed by atoms with Gasteiger partial charge in [0.15, 0.2) is 32.3 Å². The molecule has 85 heavy (non-hydrogen) atoms. The first-order chi connectivity index (χ1) is 40.2. The van der Waals surface area contributed by atoms with E-state index in [2.05, 4.69) is 26.6 Å². The Bertz CT molecular complexity index is 2100. The maximum absolute atomic E-state index is 13.9. The van der Waals surface area contributed by atoms with Crippen LogP contribution in [0.2, 0.25) is 0 Å². The fourth-order valence-corrected chi connectivity index (χ4v) is 9.93. The van der Waals surface area contributed by atoms with Crippen molar-refractivity contribution in [2.75, 3.05) is 98.8 Å². The highest BCUT2D eigenvalue weighted by atomic mass is 31.2. The van der Waals surface area contributed by atoms with Crippen molar-refractivity contribution in [1.29, 1.82) is 0 Å². The molecular weight excluding hydrogens is 1150 g/mol. The van der Waals surface area contributed by atoms with Crippen LogP contribution in [0.25, 0.3) is 0 Å². The summed E-state index contributed by atoms with van der Waals surface area (Å²) >= 11 is 0. The standard InChI is InChI=1S/C52H94N7O25P/c1-30(63)55-40-46(73)43(70)34(26-60)82-50(40)78-23-9-6-14-37(67)53-17-12-19-59(49(76)33(66)29-81-85(4,5)77)21-13-20-58(39(69)16-8-11-25-80-52-42(57-32(3)65)48(75)45(72)36(28-62)84-52)22-18-54-38(68)15-7-10-24-79-51-41(56-31(2)64)47(74)44(71)35(27-61)83-51/h33-36,40-48,50-52,60-62,66,70-75H,6-29H2,1-5H3,(H,53,67)(H,54,68)(H,55,63)(H,56,64)(H,57,65)/t33?,34?,35?,36?,40?,41?,42?,43-,44-,45-,46+,47+,48+,50+,51+,52+/m0/s1. The molecule has 0 aliphatic carbocycles. The minimum absolute atomic E-state index is 0.00175. The summed E-state index contributed by atoms with van der Waals surface area (Å²) in [6.45, 7) is 4.10. The lowest BCUT2D eigenvalue weighted by atomic mass is 9.97. The zero-order chi connectivity index (χ0) is 63.4. The molecule has 3 rings (SSSR count). The molecule has 0 radical (unpaired) electrons. The number of nitrogens with one attached hydrogen (secondary N) is 5. The van der Waals surface area contributed by atoms with Gasteiger partial charge in [0.05, 0.1) is 26.4 Å². The highest BCUT2D eigenvalue weighted by Gasteiger charge is 2.48. The average Bonchev–Trinajstić information content (AvgIpc) is 3.05. The van der Waals surface area contributed by atoms with Crippen molar-refractivity contribution in [3.8, 4) is 0 Å². The van der Waals surface area contributed by atoms with Crippen LogP contribution < -0.4 is 26.6 Å². The topological polar surface area (TPSA) is 470 Å². The first-order valence-corrected chi connectivity index (χ1v) is 31.3. The molecule has 3 heterocycles. The Labute approximate surface area is 494 Å². The van der Waals surface area contributed by atoms with Gasteiger partial charge >= 0.3 is 0 Å². The van der Waals surface area contributed by atoms with E-state index in [1.54, 1.807) is 0 Å². The molecule has 0 aromatic carbocycles. The third-order valence-corrected chi connectivity index (χ3v) is 14.7. The number of unbranched alkanes of at least 4 members (excludes halogenated alkanes) is 3. The molecule has 492 valence electrons. The Morgan fingerprint density at radius 3 is 1.24 bits per heavy atom. The minimum Gasteiger partial charge on any atom is -0.394 e. The lowest BCUT2D eigenvalue weighted by Crippen LogP contribution is -2.64. The molecule has 7 amide bonds. The summed E-state index contributed by atoms with van der Waals surface area (Å²) in [6, 6.07) is -3.42. The summed E-state index contributed by atoms with van der Waals surface area (Å²) in [5.41, 5.74) is 0. The van der Waals surface area contributed by atoms with Gasteiger partial charge in [-0.05, 0) is 51.4 Å². The van der Waals surface area contributed by atoms with Gasteiger partial charge in [0.25, 0.3) is 5.91 Å². The van der Waals surface area contributed by atoms with Gasteiger partial charge in [0, 0.05) is 112 Å². The second-order valence-corrected chi connectivity index (χ2v) is 24.2. The monoisotopic (exact) mass is 1250 g/mol. The molecule has 16 atom stereocenters. The van der Waals surface area contributed by atoms with Gasteiger partial charge in [-0.1, -0.05) is 0 Å². The summed E-state index contributed by atoms with van der Waals surface area (Å²) in [6.07, 6.45) is -15.5. The molecular formula is C52H94N7O25P. The number of nitrogens with zero attached hydrogens (tertiary/aromatic N) is 2. The van der Waals surface area contributed by atoms with Crippen LogP contribution in [0.1, 0.15) is 91.4 Å². The number of hydrogen-bond acceptors (Lipinski definition) is 25. The van der Waals surface area contributed by atoms with Gasteiger partial charge in [0.1, 0.15) is 73.1 Å². The van der Waals surface area contributed by atoms with E-state index in [9.17, 15) is 89.2 Å². The molecule has 0 aromatic heterocycles. The van der Waals surface area contributed by atoms with Gasteiger partial charge in [-0.15, -0.1) is 0 Å². The van der Waals surface area contributed by atoms with Gasteiger partial charge in [-0.25, -0.2) is 0 Å². The Hall–Kier alpha value is -4.16. The quantitative estimate of drug-likeness (QED) is 0.0201. The number of ether oxygens (including phenoxy) is 6. The van der Waals surface area contributed by atoms with E-state index in [0.29, 0.717) is 25.7 Å². The number of rotatable bonds is 39. The van der Waals surface area contributed by atoms with E-state index < -0.39 is 155 Å². The van der Waals surface area contributed by atoms with Crippen LogP contribution in [0.15, 0.2) is 0 Å². The highest BCUT2D eigenvalue weighted by molar-refractivity contribution is 7.57. The number of aliphatic hydroxyl groups is 10. The van der Waals surface area contributed by atoms with E-state index >= 15 is 0 Å². The van der Waals surface area contributed by atoms with Gasteiger partial charge in [-0.3, -0.25) is 38.1 Å². The molecule has 3 aliphatic heterocycles. The zero-order valence-electron chi connectivity index (χ0n) is 49.1. The lowest BCUT2D eigenvalue weighted by Gasteiger charge is -2.42. The Balaban J connectivity index is 1.61. The minimum atomic E-state index is -3.11. The summed E-state index contributed by atoms with van der Waals surface area (Å²) in [4.78, 5) is 91.5. The molecule has 3 fully saturated rings. The molecule has 3 aliphatic rings. The van der Waals surface area contributed by atoms with Crippen LogP contribution >= 0.6 is 7.37 Å². The molecule has 7 unspecified atom stereocenters. The number of carbonyl (C=O) groups excluding carboxylic acids is 7. The molecule has 32 nitrogen and oxygen atoms in total. The van der Waals surface area contributed by atoms with Crippen LogP contribution in [0, 0.1) is 0 Å². The molecule has 0 aromatic rings. The van der Waals surface area contributed by atoms with Crippen molar-refractivity contribution in [3.05, 3.63) is 0 Å². The second-order valence-electron chi connectivity index (χ2n) is 21.5. The van der Waals surface area contributed by atoms with Crippen molar-refractivity contribution in [1.82, 2.24) is 36.4 Å². The van der Waals surface area contributed by atoms with Crippen LogP contribution in [-0.4, -0.2) is 299 Å². The van der Waals surface area contributed by atoms with E-state index in [-0.39, 0.29) is 122 Å². The maximum atomic E-state index is 13.9. The molecule has 0 bridgehead atoms. The fourth-order valence-electron chi connectivity index (χ4n) is 9.43. The van der Waals surface area contributed by atoms with E-state index in [4.69, 9.17) is 32.9 Å². The molecule has 0 saturated carbocycles. The van der Waals surface area contributed by atoms with Crippen LogP contribution in [0.3, 0.4) is 0 Å². The van der Waals surface area contributed by atoms with Crippen molar-refractivity contribution in [2.24, 2.45) is 0 Å². The lowest BCUT2D eigenvalue weighted by molar-refractivity contribution is -0.270. The summed E-state index contributed by atoms with van der Waals surface area (Å²) in [5.74, 6) is -3.35. The van der Waals surface area contributed by atoms with Crippen LogP contribution in [0.5, 0.6) is 0 Å². The van der Waals surface area contributed by atoms with Gasteiger partial charge < -0.3 is 120 Å². The van der Waals surface area contributed by atoms with Crippen molar-refractivity contribution >= 4 is 48.7 Å². The number of carbonyl (C=O) groups is 7. The van der Waals surface area contributed by atoms with Crippen molar-refractivity contribution < 1.29 is 122 Å². The highest BCUT2D eigenvalue weighted by Crippen LogP contribution is 2.37. The molecule has 15 N–H and O–H groups in total. The van der Waals surface area contributed by atoms with Crippen molar-refractivity contribution in [2.45, 2.75) is 189 Å². The number of aliphatic hydroxyl groups excluding tert-OH is 10. The maximum Gasteiger partial charge on any atom is 0.253 e. The Morgan fingerprint density at radius 2 is 0.859 bits per heavy atom. The Morgan fingerprint density at radius 1 is 0.494 bits per heavy atom. The van der Waals surface area contributed by atoms with Crippen molar-refractivity contribution in [3.63, 3.8) is 0 Å². The third kappa shape index (κ3) is 26.6. The summed E-state index contributed by atoms with van der Waals surface area (Å²) in [5, 5.41) is 115. The van der Waals surface area contributed by atoms with E-state index in [1.807, 2.05) is 0 Å². The first-order valence-electron chi connectivity index (χ1n) is 28.7. The van der Waals surface area contributed by atoms with Crippen LogP contribution in [0.4, 0.5) is 0 Å². The normalized spacial score (nSPS) is 28.2.